The topological polar surface area (TPSA) is 62.5 Å². The third-order valence-electron chi connectivity index (χ3n) is 3.73. The summed E-state index contributed by atoms with van der Waals surface area (Å²) in [4.78, 5) is 8.90. The van der Waals surface area contributed by atoms with Gasteiger partial charge in [-0.2, -0.15) is 0 Å². The maximum absolute atomic E-state index is 5.56. The van der Waals surface area contributed by atoms with E-state index in [1.807, 2.05) is 19.9 Å². The fourth-order valence-corrected chi connectivity index (χ4v) is 2.24. The van der Waals surface area contributed by atoms with Crippen molar-refractivity contribution in [1.29, 1.82) is 0 Å². The summed E-state index contributed by atoms with van der Waals surface area (Å²) < 4.78 is 5.56. The molecule has 23 heavy (non-hydrogen) atoms. The fraction of sp³-hybridized carbons (Fsp3) is 0.444. The summed E-state index contributed by atoms with van der Waals surface area (Å²) in [6, 6.07) is 10.5. The van der Waals surface area contributed by atoms with Crippen LogP contribution < -0.4 is 10.6 Å². The van der Waals surface area contributed by atoms with Crippen LogP contribution in [0, 0.1) is 13.8 Å². The molecule has 1 atom stereocenters. The third-order valence-corrected chi connectivity index (χ3v) is 3.73. The Morgan fingerprint density at radius 3 is 2.57 bits per heavy atom. The van der Waals surface area contributed by atoms with Gasteiger partial charge >= 0.3 is 0 Å². The zero-order valence-electron chi connectivity index (χ0n) is 14.4. The van der Waals surface area contributed by atoms with Crippen LogP contribution in [0.1, 0.15) is 42.7 Å². The van der Waals surface area contributed by atoms with Gasteiger partial charge in [0.25, 0.3) is 0 Å². The zero-order valence-corrected chi connectivity index (χ0v) is 14.4. The smallest absolute Gasteiger partial charge is 0.216 e. The van der Waals surface area contributed by atoms with Crippen LogP contribution in [0.5, 0.6) is 0 Å². The minimum atomic E-state index is 0.409. The third kappa shape index (κ3) is 5.13. The van der Waals surface area contributed by atoms with Gasteiger partial charge in [-0.1, -0.05) is 37.3 Å². The highest BCUT2D eigenvalue weighted by Gasteiger charge is 2.08. The summed E-state index contributed by atoms with van der Waals surface area (Å²) in [6.45, 7) is 10.2. The molecule has 2 rings (SSSR count). The van der Waals surface area contributed by atoms with Gasteiger partial charge in [0.05, 0.1) is 5.69 Å². The first kappa shape index (κ1) is 17.1. The number of hydrogen-bond donors (Lipinski definition) is 2. The summed E-state index contributed by atoms with van der Waals surface area (Å²) in [6.07, 6.45) is 0. The molecule has 0 radical (unpaired) electrons. The molecule has 2 N–H and O–H groups in total. The first-order chi connectivity index (χ1) is 11.1. The average molecular weight is 314 g/mol. The highest BCUT2D eigenvalue weighted by molar-refractivity contribution is 5.79. The molecular weight excluding hydrogens is 288 g/mol. The van der Waals surface area contributed by atoms with Crippen LogP contribution in [0.2, 0.25) is 0 Å². The first-order valence-electron chi connectivity index (χ1n) is 8.10. The molecule has 2 aromatic rings. The van der Waals surface area contributed by atoms with Crippen molar-refractivity contribution in [2.24, 2.45) is 4.99 Å². The number of rotatable bonds is 6. The zero-order chi connectivity index (χ0) is 16.7. The van der Waals surface area contributed by atoms with Crippen molar-refractivity contribution in [2.45, 2.75) is 40.2 Å². The SMILES string of the molecule is CCNC(=NCc1nc(C)c(C)o1)NCC(C)c1ccccc1. The molecule has 0 bridgehead atoms. The number of benzene rings is 1. The lowest BCUT2D eigenvalue weighted by atomic mass is 10.0. The lowest BCUT2D eigenvalue weighted by Crippen LogP contribution is -2.39. The second-order valence-corrected chi connectivity index (χ2v) is 5.64. The molecular formula is C18H26N4O. The van der Waals surface area contributed by atoms with Gasteiger partial charge in [-0.3, -0.25) is 0 Å². The van der Waals surface area contributed by atoms with Crippen molar-refractivity contribution in [3.63, 3.8) is 0 Å². The molecule has 0 aliphatic rings. The van der Waals surface area contributed by atoms with Crippen LogP contribution in [0.15, 0.2) is 39.7 Å². The predicted molar refractivity (Wildman–Crippen MR) is 93.7 cm³/mol. The van der Waals surface area contributed by atoms with E-state index in [0.717, 1.165) is 30.5 Å². The number of hydrogen-bond acceptors (Lipinski definition) is 3. The van der Waals surface area contributed by atoms with E-state index in [-0.39, 0.29) is 0 Å². The molecule has 0 saturated heterocycles. The summed E-state index contributed by atoms with van der Waals surface area (Å²) in [5.41, 5.74) is 2.24. The number of guanidine groups is 1. The van der Waals surface area contributed by atoms with Crippen LogP contribution in [-0.2, 0) is 6.54 Å². The van der Waals surface area contributed by atoms with Crippen molar-refractivity contribution in [2.75, 3.05) is 13.1 Å². The highest BCUT2D eigenvalue weighted by Crippen LogP contribution is 2.13. The van der Waals surface area contributed by atoms with Gasteiger partial charge in [0.2, 0.25) is 5.89 Å². The molecule has 124 valence electrons. The van der Waals surface area contributed by atoms with Gasteiger partial charge < -0.3 is 15.1 Å². The molecule has 0 saturated carbocycles. The number of aromatic nitrogens is 1. The number of oxazole rings is 1. The summed E-state index contributed by atoms with van der Waals surface area (Å²) in [7, 11) is 0. The van der Waals surface area contributed by atoms with Gasteiger partial charge in [-0.15, -0.1) is 0 Å². The minimum absolute atomic E-state index is 0.409. The summed E-state index contributed by atoms with van der Waals surface area (Å²) >= 11 is 0. The van der Waals surface area contributed by atoms with Gasteiger partial charge in [-0.25, -0.2) is 9.98 Å². The maximum atomic E-state index is 5.56. The van der Waals surface area contributed by atoms with Crippen LogP contribution in [0.3, 0.4) is 0 Å². The van der Waals surface area contributed by atoms with E-state index < -0.39 is 0 Å². The molecule has 1 aromatic carbocycles. The minimum Gasteiger partial charge on any atom is -0.444 e. The summed E-state index contributed by atoms with van der Waals surface area (Å²) in [5.74, 6) is 2.69. The van der Waals surface area contributed by atoms with E-state index in [0.29, 0.717) is 18.4 Å². The molecule has 1 aromatic heterocycles. The Labute approximate surface area is 138 Å². The Morgan fingerprint density at radius 1 is 1.22 bits per heavy atom. The highest BCUT2D eigenvalue weighted by atomic mass is 16.4. The Hall–Kier alpha value is -2.30. The van der Waals surface area contributed by atoms with Gasteiger partial charge in [0.1, 0.15) is 12.3 Å². The Balaban J connectivity index is 1.93. The normalized spacial score (nSPS) is 13.0. The first-order valence-corrected chi connectivity index (χ1v) is 8.10. The Kier molecular flexibility index (Phi) is 6.20. The number of aliphatic imine (C=N–C) groups is 1. The lowest BCUT2D eigenvalue weighted by molar-refractivity contribution is 0.472. The van der Waals surface area contributed by atoms with Crippen molar-refractivity contribution in [1.82, 2.24) is 15.6 Å². The largest absolute Gasteiger partial charge is 0.444 e. The molecule has 0 spiro atoms. The number of nitrogens with one attached hydrogen (secondary N) is 2. The van der Waals surface area contributed by atoms with Crippen LogP contribution in [0.25, 0.3) is 0 Å². The van der Waals surface area contributed by atoms with Crippen LogP contribution >= 0.6 is 0 Å². The van der Waals surface area contributed by atoms with Gasteiger partial charge in [0.15, 0.2) is 5.96 Å². The number of aryl methyl sites for hydroxylation is 2. The molecule has 1 heterocycles. The molecule has 5 nitrogen and oxygen atoms in total. The second kappa shape index (κ2) is 8.36. The van der Waals surface area contributed by atoms with E-state index in [1.54, 1.807) is 0 Å². The van der Waals surface area contributed by atoms with Crippen molar-refractivity contribution >= 4 is 5.96 Å². The number of nitrogens with zero attached hydrogens (tertiary/aromatic N) is 2. The molecule has 0 fully saturated rings. The average Bonchev–Trinajstić information content (AvgIpc) is 2.89. The van der Waals surface area contributed by atoms with E-state index >= 15 is 0 Å². The molecule has 1 unspecified atom stereocenters. The molecule has 5 heteroatoms. The fourth-order valence-electron chi connectivity index (χ4n) is 2.24. The van der Waals surface area contributed by atoms with E-state index in [4.69, 9.17) is 4.42 Å². The predicted octanol–water partition coefficient (Wildman–Crippen LogP) is 3.15. The second-order valence-electron chi connectivity index (χ2n) is 5.64. The monoisotopic (exact) mass is 314 g/mol. The standard InChI is InChI=1S/C18H26N4O/c1-5-19-18(21-12-17-22-14(3)15(4)23-17)20-11-13(2)16-9-7-6-8-10-16/h6-10,13H,5,11-12H2,1-4H3,(H2,19,20,21). The van der Waals surface area contributed by atoms with Gasteiger partial charge in [-0.05, 0) is 32.3 Å². The van der Waals surface area contributed by atoms with Crippen LogP contribution in [-0.4, -0.2) is 24.0 Å². The molecule has 0 aliphatic heterocycles. The molecule has 0 amide bonds. The van der Waals surface area contributed by atoms with Crippen molar-refractivity contribution < 1.29 is 4.42 Å². The Morgan fingerprint density at radius 2 is 1.96 bits per heavy atom. The quantitative estimate of drug-likeness (QED) is 0.635. The lowest BCUT2D eigenvalue weighted by Gasteiger charge is -2.16. The Bertz CT molecular complexity index is 614. The van der Waals surface area contributed by atoms with Gasteiger partial charge in [0, 0.05) is 13.1 Å². The summed E-state index contributed by atoms with van der Waals surface area (Å²) in [5, 5.41) is 6.63. The van der Waals surface area contributed by atoms with Crippen molar-refractivity contribution in [3.8, 4) is 0 Å². The van der Waals surface area contributed by atoms with E-state index in [1.165, 1.54) is 5.56 Å². The van der Waals surface area contributed by atoms with Crippen LogP contribution in [0.4, 0.5) is 0 Å². The van der Waals surface area contributed by atoms with E-state index in [2.05, 4.69) is 58.7 Å². The molecule has 0 aliphatic carbocycles. The van der Waals surface area contributed by atoms with Crippen molar-refractivity contribution in [3.05, 3.63) is 53.2 Å². The maximum Gasteiger partial charge on any atom is 0.216 e. The van der Waals surface area contributed by atoms with E-state index in [9.17, 15) is 0 Å².